The molecule has 1 amide bonds. The van der Waals surface area contributed by atoms with E-state index in [0.29, 0.717) is 23.3 Å². The lowest BCUT2D eigenvalue weighted by Gasteiger charge is -2.24. The number of nitrogens with zero attached hydrogens (tertiary/aromatic N) is 2. The number of carboxylic acid groups (broad SMARTS) is 1. The van der Waals surface area contributed by atoms with Gasteiger partial charge in [-0.05, 0) is 36.4 Å². The van der Waals surface area contributed by atoms with Crippen LogP contribution >= 0.6 is 0 Å². The summed E-state index contributed by atoms with van der Waals surface area (Å²) in [6, 6.07) is 6.37. The van der Waals surface area contributed by atoms with Crippen molar-refractivity contribution < 1.29 is 45.4 Å². The highest BCUT2D eigenvalue weighted by Gasteiger charge is 2.34. The van der Waals surface area contributed by atoms with Gasteiger partial charge in [-0.25, -0.2) is 12.8 Å². The first-order valence-electron chi connectivity index (χ1n) is 9.96. The predicted octanol–water partition coefficient (Wildman–Crippen LogP) is 4.05. The van der Waals surface area contributed by atoms with Crippen LogP contribution in [0, 0.1) is 5.82 Å². The number of pyridine rings is 1. The number of aliphatic carboxylic acids is 1. The van der Waals surface area contributed by atoms with Crippen LogP contribution in [-0.4, -0.2) is 50.3 Å². The van der Waals surface area contributed by atoms with Crippen molar-refractivity contribution in [3.8, 4) is 16.9 Å². The molecule has 190 valence electrons. The van der Waals surface area contributed by atoms with Crippen LogP contribution in [0.4, 0.5) is 23.2 Å². The molecule has 0 aliphatic heterocycles. The van der Waals surface area contributed by atoms with Crippen LogP contribution in [0.1, 0.15) is 15.9 Å². The van der Waals surface area contributed by atoms with Gasteiger partial charge in [-0.3, -0.25) is 19.5 Å². The predicted molar refractivity (Wildman–Crippen MR) is 120 cm³/mol. The molecule has 1 aromatic heterocycles. The summed E-state index contributed by atoms with van der Waals surface area (Å²) in [7, 11) is -2.91. The van der Waals surface area contributed by atoms with Crippen molar-refractivity contribution in [3.63, 3.8) is 0 Å². The highest BCUT2D eigenvalue weighted by Crippen LogP contribution is 2.38. The van der Waals surface area contributed by atoms with Crippen LogP contribution in [-0.2, 0) is 20.8 Å². The van der Waals surface area contributed by atoms with E-state index < -0.39 is 56.3 Å². The van der Waals surface area contributed by atoms with Gasteiger partial charge in [0.15, 0.2) is 9.84 Å². The van der Waals surface area contributed by atoms with Gasteiger partial charge in [0.25, 0.3) is 5.91 Å². The third kappa shape index (κ3) is 5.79. The number of halogens is 4. The molecule has 3 rings (SSSR count). The lowest BCUT2D eigenvalue weighted by Crippen LogP contribution is -2.36. The molecule has 3 aromatic rings. The summed E-state index contributed by atoms with van der Waals surface area (Å²) in [6.07, 6.45) is -1.92. The SMILES string of the molecule is COc1cc(F)ccc1-c1ccncc1N(CC(=O)O)C(=O)c1cc(C(F)(F)F)cc(S(C)(=O)=O)c1. The van der Waals surface area contributed by atoms with Crippen molar-refractivity contribution in [2.75, 3.05) is 24.8 Å². The van der Waals surface area contributed by atoms with Crippen molar-refractivity contribution in [2.24, 2.45) is 0 Å². The third-order valence-corrected chi connectivity index (χ3v) is 6.08. The zero-order valence-corrected chi connectivity index (χ0v) is 19.5. The molecule has 0 saturated heterocycles. The Morgan fingerprint density at radius 2 is 1.78 bits per heavy atom. The number of alkyl halides is 3. The smallest absolute Gasteiger partial charge is 0.416 e. The molecule has 1 heterocycles. The summed E-state index contributed by atoms with van der Waals surface area (Å²) >= 11 is 0. The van der Waals surface area contributed by atoms with E-state index in [1.807, 2.05) is 0 Å². The van der Waals surface area contributed by atoms with Gasteiger partial charge in [0.1, 0.15) is 18.1 Å². The van der Waals surface area contributed by atoms with Crippen LogP contribution in [0.5, 0.6) is 5.75 Å². The Hall–Kier alpha value is -4.00. The molecular formula is C23H18F4N2O6S. The minimum atomic E-state index is -4.99. The molecule has 0 saturated carbocycles. The van der Waals surface area contributed by atoms with Crippen LogP contribution in [0.2, 0.25) is 0 Å². The van der Waals surface area contributed by atoms with Gasteiger partial charge >= 0.3 is 12.1 Å². The average Bonchev–Trinajstić information content (AvgIpc) is 2.80. The number of benzene rings is 2. The Morgan fingerprint density at radius 3 is 2.36 bits per heavy atom. The molecule has 0 aliphatic carbocycles. The largest absolute Gasteiger partial charge is 0.496 e. The minimum absolute atomic E-state index is 0.0311. The van der Waals surface area contributed by atoms with Crippen molar-refractivity contribution in [1.29, 1.82) is 0 Å². The zero-order valence-electron chi connectivity index (χ0n) is 18.7. The molecule has 13 heteroatoms. The first kappa shape index (κ1) is 26.6. The second-order valence-corrected chi connectivity index (χ2v) is 9.55. The van der Waals surface area contributed by atoms with Crippen molar-refractivity contribution in [2.45, 2.75) is 11.1 Å². The van der Waals surface area contributed by atoms with Crippen molar-refractivity contribution in [3.05, 3.63) is 71.8 Å². The molecule has 0 unspecified atom stereocenters. The number of ether oxygens (including phenoxy) is 1. The van der Waals surface area contributed by atoms with E-state index in [9.17, 15) is 40.7 Å². The molecule has 0 bridgehead atoms. The molecule has 2 aromatic carbocycles. The fraction of sp³-hybridized carbons (Fsp3) is 0.174. The molecule has 0 atom stereocenters. The highest BCUT2D eigenvalue weighted by molar-refractivity contribution is 7.90. The van der Waals surface area contributed by atoms with E-state index in [-0.39, 0.29) is 22.6 Å². The van der Waals surface area contributed by atoms with E-state index in [1.54, 1.807) is 0 Å². The molecule has 0 fully saturated rings. The van der Waals surface area contributed by atoms with E-state index in [2.05, 4.69) is 4.98 Å². The van der Waals surface area contributed by atoms with E-state index in [0.717, 1.165) is 24.4 Å². The second kappa shape index (κ2) is 9.93. The van der Waals surface area contributed by atoms with Crippen LogP contribution < -0.4 is 9.64 Å². The highest BCUT2D eigenvalue weighted by atomic mass is 32.2. The first-order valence-corrected chi connectivity index (χ1v) is 11.9. The first-order chi connectivity index (χ1) is 16.7. The number of hydrogen-bond donors (Lipinski definition) is 1. The number of carbonyl (C=O) groups excluding carboxylic acids is 1. The second-order valence-electron chi connectivity index (χ2n) is 7.54. The minimum Gasteiger partial charge on any atom is -0.496 e. The number of carbonyl (C=O) groups is 2. The van der Waals surface area contributed by atoms with Gasteiger partial charge in [0.2, 0.25) is 0 Å². The molecule has 0 spiro atoms. The van der Waals surface area contributed by atoms with Crippen molar-refractivity contribution >= 4 is 27.4 Å². The maximum atomic E-state index is 13.7. The molecule has 8 nitrogen and oxygen atoms in total. The Kier molecular flexibility index (Phi) is 7.34. The molecule has 0 aliphatic rings. The molecule has 36 heavy (non-hydrogen) atoms. The van der Waals surface area contributed by atoms with Crippen molar-refractivity contribution in [1.82, 2.24) is 4.98 Å². The van der Waals surface area contributed by atoms with Gasteiger partial charge < -0.3 is 9.84 Å². The number of methoxy groups -OCH3 is 1. The van der Waals surface area contributed by atoms with Gasteiger partial charge in [0.05, 0.1) is 29.5 Å². The number of anilines is 1. The normalized spacial score (nSPS) is 11.7. The fourth-order valence-corrected chi connectivity index (χ4v) is 4.06. The van der Waals surface area contributed by atoms with E-state index in [4.69, 9.17) is 4.74 Å². The summed E-state index contributed by atoms with van der Waals surface area (Å²) < 4.78 is 83.3. The van der Waals surface area contributed by atoms with Gasteiger partial charge in [0, 0.05) is 35.2 Å². The Morgan fingerprint density at radius 1 is 1.08 bits per heavy atom. The topological polar surface area (TPSA) is 114 Å². The fourth-order valence-electron chi connectivity index (χ4n) is 3.37. The molecule has 0 radical (unpaired) electrons. The number of aromatic nitrogens is 1. The number of amides is 1. The zero-order chi connectivity index (χ0) is 26.8. The maximum absolute atomic E-state index is 13.7. The Bertz CT molecular complexity index is 1440. The Balaban J connectivity index is 2.25. The number of carboxylic acids is 1. The summed E-state index contributed by atoms with van der Waals surface area (Å²) in [6.45, 7) is -1.01. The van der Waals surface area contributed by atoms with Crippen LogP contribution in [0.3, 0.4) is 0 Å². The number of rotatable bonds is 7. The van der Waals surface area contributed by atoms with Gasteiger partial charge in [-0.15, -0.1) is 0 Å². The number of sulfone groups is 1. The summed E-state index contributed by atoms with van der Waals surface area (Å²) in [5.41, 5.74) is -1.87. The van der Waals surface area contributed by atoms with Crippen LogP contribution in [0.25, 0.3) is 11.1 Å². The third-order valence-electron chi connectivity index (χ3n) is 4.99. The van der Waals surface area contributed by atoms with Gasteiger partial charge in [-0.2, -0.15) is 13.2 Å². The monoisotopic (exact) mass is 526 g/mol. The lowest BCUT2D eigenvalue weighted by molar-refractivity contribution is -0.138. The molecule has 1 N–H and O–H groups in total. The standard InChI is InChI=1S/C23H18F4N2O6S/c1-35-20-10-15(24)3-4-18(20)17-5-6-28-11-19(17)29(12-21(30)31)22(32)13-7-14(23(25,26)27)9-16(8-13)36(2,33)34/h3-11H,12H2,1-2H3,(H,30,31). The lowest BCUT2D eigenvalue weighted by atomic mass is 10.0. The summed E-state index contributed by atoms with van der Waals surface area (Å²) in [5, 5.41) is 9.44. The summed E-state index contributed by atoms with van der Waals surface area (Å²) in [4.78, 5) is 28.8. The van der Waals surface area contributed by atoms with E-state index >= 15 is 0 Å². The number of hydrogen-bond acceptors (Lipinski definition) is 6. The maximum Gasteiger partial charge on any atom is 0.416 e. The van der Waals surface area contributed by atoms with Crippen LogP contribution in [0.15, 0.2) is 59.8 Å². The Labute approximate surface area is 202 Å². The summed E-state index contributed by atoms with van der Waals surface area (Å²) in [5.74, 6) is -3.35. The van der Waals surface area contributed by atoms with E-state index in [1.165, 1.54) is 25.4 Å². The van der Waals surface area contributed by atoms with Gasteiger partial charge in [-0.1, -0.05) is 0 Å². The quantitative estimate of drug-likeness (QED) is 0.462. The molecular weight excluding hydrogens is 508 g/mol. The average molecular weight is 526 g/mol.